The Labute approximate surface area is 138 Å². The molecule has 0 fully saturated rings. The van der Waals surface area contributed by atoms with Gasteiger partial charge < -0.3 is 5.32 Å². The van der Waals surface area contributed by atoms with Crippen LogP contribution >= 0.6 is 11.6 Å². The maximum absolute atomic E-state index is 12.1. The molecule has 0 unspecified atom stereocenters. The average Bonchev–Trinajstić information content (AvgIpc) is 2.99. The van der Waals surface area contributed by atoms with Crippen LogP contribution in [0.5, 0.6) is 0 Å². The summed E-state index contributed by atoms with van der Waals surface area (Å²) in [6, 6.07) is 11.2. The minimum atomic E-state index is -0.101. The number of carbonyl (C=O) groups excluding carboxylic acids is 1. The fourth-order valence-corrected chi connectivity index (χ4v) is 2.31. The van der Waals surface area contributed by atoms with Crippen LogP contribution < -0.4 is 5.32 Å². The SMILES string of the molecule is O=C(NCc1ccncc1)c1ccc(Cn2cc(Cl)cn2)cc1. The minimum Gasteiger partial charge on any atom is -0.348 e. The van der Waals surface area contributed by atoms with E-state index in [1.807, 2.05) is 36.4 Å². The molecule has 0 saturated carbocycles. The van der Waals surface area contributed by atoms with Crippen molar-refractivity contribution in [3.8, 4) is 0 Å². The van der Waals surface area contributed by atoms with Crippen LogP contribution in [0.15, 0.2) is 61.2 Å². The number of hydrogen-bond donors (Lipinski definition) is 1. The highest BCUT2D eigenvalue weighted by molar-refractivity contribution is 6.30. The number of rotatable bonds is 5. The highest BCUT2D eigenvalue weighted by Gasteiger charge is 2.05. The Bertz CT molecular complexity index is 784. The molecule has 116 valence electrons. The zero-order chi connectivity index (χ0) is 16.1. The van der Waals surface area contributed by atoms with Crippen LogP contribution in [0.4, 0.5) is 0 Å². The molecule has 5 nitrogen and oxygen atoms in total. The van der Waals surface area contributed by atoms with E-state index < -0.39 is 0 Å². The van der Waals surface area contributed by atoms with Crippen LogP contribution in [0, 0.1) is 0 Å². The molecule has 0 aliphatic heterocycles. The van der Waals surface area contributed by atoms with Crippen molar-refractivity contribution in [2.24, 2.45) is 0 Å². The zero-order valence-electron chi connectivity index (χ0n) is 12.3. The predicted molar refractivity (Wildman–Crippen MR) is 88.2 cm³/mol. The largest absolute Gasteiger partial charge is 0.348 e. The monoisotopic (exact) mass is 326 g/mol. The van der Waals surface area contributed by atoms with Gasteiger partial charge >= 0.3 is 0 Å². The third-order valence-corrected chi connectivity index (χ3v) is 3.56. The first-order valence-corrected chi connectivity index (χ1v) is 7.52. The number of halogens is 1. The topological polar surface area (TPSA) is 59.8 Å². The summed E-state index contributed by atoms with van der Waals surface area (Å²) in [6.45, 7) is 1.10. The van der Waals surface area contributed by atoms with Crippen molar-refractivity contribution in [3.63, 3.8) is 0 Å². The van der Waals surface area contributed by atoms with Gasteiger partial charge in [0.2, 0.25) is 0 Å². The van der Waals surface area contributed by atoms with E-state index in [4.69, 9.17) is 11.6 Å². The summed E-state index contributed by atoms with van der Waals surface area (Å²) in [5.74, 6) is -0.101. The van der Waals surface area contributed by atoms with Gasteiger partial charge in [-0.05, 0) is 35.4 Å². The minimum absolute atomic E-state index is 0.101. The Morgan fingerprint density at radius 2 is 1.83 bits per heavy atom. The zero-order valence-corrected chi connectivity index (χ0v) is 13.1. The van der Waals surface area contributed by atoms with Crippen molar-refractivity contribution < 1.29 is 4.79 Å². The van der Waals surface area contributed by atoms with Crippen LogP contribution in [-0.2, 0) is 13.1 Å². The van der Waals surface area contributed by atoms with Gasteiger partial charge in [0.05, 0.1) is 17.8 Å². The Kier molecular flexibility index (Phi) is 4.68. The van der Waals surface area contributed by atoms with E-state index in [0.717, 1.165) is 11.1 Å². The van der Waals surface area contributed by atoms with Crippen molar-refractivity contribution >= 4 is 17.5 Å². The quantitative estimate of drug-likeness (QED) is 0.784. The molecule has 0 saturated heterocycles. The Hall–Kier alpha value is -2.66. The van der Waals surface area contributed by atoms with Crippen LogP contribution in [0.25, 0.3) is 0 Å². The molecule has 23 heavy (non-hydrogen) atoms. The second-order valence-electron chi connectivity index (χ2n) is 5.09. The van der Waals surface area contributed by atoms with Crippen molar-refractivity contribution in [2.45, 2.75) is 13.1 Å². The molecule has 0 bridgehead atoms. The van der Waals surface area contributed by atoms with Gasteiger partial charge in [0.15, 0.2) is 0 Å². The van der Waals surface area contributed by atoms with E-state index in [1.165, 1.54) is 0 Å². The van der Waals surface area contributed by atoms with E-state index in [2.05, 4.69) is 15.4 Å². The van der Waals surface area contributed by atoms with Crippen molar-refractivity contribution in [2.75, 3.05) is 0 Å². The van der Waals surface area contributed by atoms with Crippen LogP contribution in [0.3, 0.4) is 0 Å². The number of carbonyl (C=O) groups is 1. The molecule has 0 aliphatic carbocycles. The number of amides is 1. The van der Waals surface area contributed by atoms with E-state index in [1.54, 1.807) is 29.5 Å². The molecule has 6 heteroatoms. The number of nitrogens with one attached hydrogen (secondary N) is 1. The first kappa shape index (κ1) is 15.2. The van der Waals surface area contributed by atoms with Crippen LogP contribution in [0.1, 0.15) is 21.5 Å². The van der Waals surface area contributed by atoms with Crippen LogP contribution in [0.2, 0.25) is 5.02 Å². The molecule has 3 rings (SSSR count). The Morgan fingerprint density at radius 1 is 1.09 bits per heavy atom. The summed E-state index contributed by atoms with van der Waals surface area (Å²) >= 11 is 5.84. The third-order valence-electron chi connectivity index (χ3n) is 3.36. The third kappa shape index (κ3) is 4.17. The number of benzene rings is 1. The highest BCUT2D eigenvalue weighted by Crippen LogP contribution is 2.09. The number of pyridine rings is 1. The maximum atomic E-state index is 12.1. The van der Waals surface area contributed by atoms with Crippen LogP contribution in [-0.4, -0.2) is 20.7 Å². The normalized spacial score (nSPS) is 10.5. The fourth-order valence-electron chi connectivity index (χ4n) is 2.16. The van der Waals surface area contributed by atoms with E-state index in [-0.39, 0.29) is 5.91 Å². The summed E-state index contributed by atoms with van der Waals surface area (Å²) in [4.78, 5) is 16.1. The van der Waals surface area contributed by atoms with Gasteiger partial charge in [0.1, 0.15) is 0 Å². The summed E-state index contributed by atoms with van der Waals surface area (Å²) in [5.41, 5.74) is 2.69. The van der Waals surface area contributed by atoms with E-state index >= 15 is 0 Å². The lowest BCUT2D eigenvalue weighted by Crippen LogP contribution is -2.22. The lowest BCUT2D eigenvalue weighted by atomic mass is 10.1. The van der Waals surface area contributed by atoms with Crippen molar-refractivity contribution in [1.29, 1.82) is 0 Å². The standard InChI is InChI=1S/C17H15ClN4O/c18-16-10-21-22(12-16)11-14-1-3-15(4-2-14)17(23)20-9-13-5-7-19-8-6-13/h1-8,10,12H,9,11H2,(H,20,23). The predicted octanol–water partition coefficient (Wildman–Crippen LogP) is 2.91. The number of aromatic nitrogens is 3. The summed E-state index contributed by atoms with van der Waals surface area (Å²) in [6.07, 6.45) is 6.77. The molecular formula is C17H15ClN4O. The molecule has 2 aromatic heterocycles. The van der Waals surface area contributed by atoms with Gasteiger partial charge in [0, 0.05) is 30.7 Å². The molecule has 1 aromatic carbocycles. The van der Waals surface area contributed by atoms with Gasteiger partial charge in [-0.15, -0.1) is 0 Å². The van der Waals surface area contributed by atoms with Gasteiger partial charge in [-0.25, -0.2) is 0 Å². The lowest BCUT2D eigenvalue weighted by molar-refractivity contribution is 0.0951. The summed E-state index contributed by atoms with van der Waals surface area (Å²) in [7, 11) is 0. The van der Waals surface area contributed by atoms with Gasteiger partial charge in [-0.3, -0.25) is 14.5 Å². The Morgan fingerprint density at radius 3 is 2.48 bits per heavy atom. The molecule has 0 spiro atoms. The average molecular weight is 327 g/mol. The summed E-state index contributed by atoms with van der Waals surface area (Å²) in [5, 5.41) is 7.63. The molecule has 3 aromatic rings. The van der Waals surface area contributed by atoms with E-state index in [9.17, 15) is 4.79 Å². The number of nitrogens with zero attached hydrogens (tertiary/aromatic N) is 3. The molecule has 0 radical (unpaired) electrons. The molecular weight excluding hydrogens is 312 g/mol. The second kappa shape index (κ2) is 7.07. The second-order valence-corrected chi connectivity index (χ2v) is 5.53. The fraction of sp³-hybridized carbons (Fsp3) is 0.118. The summed E-state index contributed by atoms with van der Waals surface area (Å²) < 4.78 is 1.75. The Balaban J connectivity index is 1.59. The molecule has 1 amide bonds. The highest BCUT2D eigenvalue weighted by atomic mass is 35.5. The van der Waals surface area contributed by atoms with Crippen molar-refractivity contribution in [3.05, 3.63) is 82.9 Å². The first-order valence-electron chi connectivity index (χ1n) is 7.15. The lowest BCUT2D eigenvalue weighted by Gasteiger charge is -2.06. The van der Waals surface area contributed by atoms with Gasteiger partial charge in [-0.1, -0.05) is 23.7 Å². The molecule has 2 heterocycles. The molecule has 0 aliphatic rings. The maximum Gasteiger partial charge on any atom is 0.251 e. The number of hydrogen-bond acceptors (Lipinski definition) is 3. The molecule has 1 N–H and O–H groups in total. The van der Waals surface area contributed by atoms with Crippen molar-refractivity contribution in [1.82, 2.24) is 20.1 Å². The smallest absolute Gasteiger partial charge is 0.251 e. The van der Waals surface area contributed by atoms with Gasteiger partial charge in [0.25, 0.3) is 5.91 Å². The molecule has 0 atom stereocenters. The van der Waals surface area contributed by atoms with Gasteiger partial charge in [-0.2, -0.15) is 5.10 Å². The first-order chi connectivity index (χ1) is 11.2. The van der Waals surface area contributed by atoms with E-state index in [0.29, 0.717) is 23.7 Å².